The van der Waals surface area contributed by atoms with Gasteiger partial charge >= 0.3 is 0 Å². The van der Waals surface area contributed by atoms with Crippen LogP contribution in [0.2, 0.25) is 0 Å². The second-order valence-electron chi connectivity index (χ2n) is 7.29. The number of piperidine rings is 1. The number of hydrogen-bond donors (Lipinski definition) is 2. The molecular formula is C18H26FN4O4S+. The molecular weight excluding hydrogens is 387 g/mol. The number of primary amides is 1. The van der Waals surface area contributed by atoms with Crippen LogP contribution in [-0.4, -0.2) is 74.7 Å². The number of sulfonamides is 1. The minimum absolute atomic E-state index is 0.0651. The first-order chi connectivity index (χ1) is 13.3. The van der Waals surface area contributed by atoms with Crippen molar-refractivity contribution < 1.29 is 27.3 Å². The van der Waals surface area contributed by atoms with Crippen LogP contribution < -0.4 is 10.6 Å². The number of halogens is 1. The highest BCUT2D eigenvalue weighted by molar-refractivity contribution is 7.89. The summed E-state index contributed by atoms with van der Waals surface area (Å²) in [4.78, 5) is 26.7. The summed E-state index contributed by atoms with van der Waals surface area (Å²) in [5, 5.41) is 0. The summed E-state index contributed by atoms with van der Waals surface area (Å²) in [7, 11) is -3.75. The first-order valence-corrected chi connectivity index (χ1v) is 10.9. The van der Waals surface area contributed by atoms with Crippen molar-refractivity contribution in [2.24, 2.45) is 5.73 Å². The lowest BCUT2D eigenvalue weighted by atomic mass is 10.0. The van der Waals surface area contributed by atoms with Gasteiger partial charge < -0.3 is 15.5 Å². The fraction of sp³-hybridized carbons (Fsp3) is 0.556. The molecule has 154 valence electrons. The molecule has 0 aromatic heterocycles. The van der Waals surface area contributed by atoms with Crippen LogP contribution in [0, 0.1) is 5.82 Å². The summed E-state index contributed by atoms with van der Waals surface area (Å²) in [6, 6.07) is 4.42. The number of nitrogens with zero attached hydrogens (tertiary/aromatic N) is 2. The topological polar surface area (TPSA) is 105 Å². The fourth-order valence-electron chi connectivity index (χ4n) is 3.84. The molecule has 0 spiro atoms. The van der Waals surface area contributed by atoms with Crippen LogP contribution in [0.1, 0.15) is 19.3 Å². The highest BCUT2D eigenvalue weighted by Gasteiger charge is 2.35. The van der Waals surface area contributed by atoms with Crippen molar-refractivity contribution in [2.75, 3.05) is 39.3 Å². The molecule has 0 saturated carbocycles. The number of rotatable bonds is 5. The van der Waals surface area contributed by atoms with Crippen molar-refractivity contribution in [3.05, 3.63) is 30.1 Å². The van der Waals surface area contributed by atoms with Crippen molar-refractivity contribution in [2.45, 2.75) is 30.2 Å². The first kappa shape index (κ1) is 20.7. The van der Waals surface area contributed by atoms with E-state index in [2.05, 4.69) is 0 Å². The summed E-state index contributed by atoms with van der Waals surface area (Å²) in [6.07, 6.45) is 2.32. The third-order valence-corrected chi connectivity index (χ3v) is 7.31. The number of piperazine rings is 1. The van der Waals surface area contributed by atoms with Gasteiger partial charge in [0.1, 0.15) is 11.9 Å². The number of carbonyl (C=O) groups excluding carboxylic acids is 2. The van der Waals surface area contributed by atoms with Gasteiger partial charge in [-0.05, 0) is 37.5 Å². The van der Waals surface area contributed by atoms with Crippen LogP contribution in [0.4, 0.5) is 4.39 Å². The summed E-state index contributed by atoms with van der Waals surface area (Å²) in [6.45, 7) is 2.17. The lowest BCUT2D eigenvalue weighted by molar-refractivity contribution is -0.896. The van der Waals surface area contributed by atoms with E-state index in [1.165, 1.54) is 22.5 Å². The number of benzene rings is 1. The van der Waals surface area contributed by atoms with Gasteiger partial charge in [-0.1, -0.05) is 6.07 Å². The molecule has 2 heterocycles. The Morgan fingerprint density at radius 1 is 1.18 bits per heavy atom. The molecule has 3 N–H and O–H groups in total. The van der Waals surface area contributed by atoms with E-state index in [4.69, 9.17) is 5.73 Å². The molecule has 1 aromatic rings. The molecule has 0 aliphatic carbocycles. The molecule has 2 saturated heterocycles. The number of amides is 2. The van der Waals surface area contributed by atoms with E-state index in [1.54, 1.807) is 4.90 Å². The molecule has 2 aliphatic rings. The standard InChI is InChI=1S/C18H25FN4O4S/c19-14-4-3-5-15(12-14)28(26,27)22-10-8-21(9-11-22)13-17(24)23-7-2-1-6-16(23)18(20)25/h3-5,12,16H,1-2,6-11,13H2,(H2,20,25)/p+1/t16-/m0/s1. The smallest absolute Gasteiger partial charge is 0.278 e. The quantitative estimate of drug-likeness (QED) is 0.618. The number of carbonyl (C=O) groups is 2. The second-order valence-corrected chi connectivity index (χ2v) is 9.23. The lowest BCUT2D eigenvalue weighted by Crippen LogP contribution is -3.15. The first-order valence-electron chi connectivity index (χ1n) is 9.47. The normalized spacial score (nSPS) is 22.2. The van der Waals surface area contributed by atoms with Crippen LogP contribution in [-0.2, 0) is 19.6 Å². The van der Waals surface area contributed by atoms with Gasteiger partial charge in [0, 0.05) is 6.54 Å². The molecule has 1 atom stereocenters. The number of quaternary nitrogens is 1. The van der Waals surface area contributed by atoms with Gasteiger partial charge in [-0.3, -0.25) is 9.59 Å². The van der Waals surface area contributed by atoms with E-state index in [1.807, 2.05) is 0 Å². The van der Waals surface area contributed by atoms with Gasteiger partial charge in [0.15, 0.2) is 6.54 Å². The predicted molar refractivity (Wildman–Crippen MR) is 99.3 cm³/mol. The molecule has 1 aromatic carbocycles. The monoisotopic (exact) mass is 413 g/mol. The van der Waals surface area contributed by atoms with Gasteiger partial charge in [-0.15, -0.1) is 0 Å². The summed E-state index contributed by atoms with van der Waals surface area (Å²) < 4.78 is 40.0. The van der Waals surface area contributed by atoms with Gasteiger partial charge in [0.25, 0.3) is 5.91 Å². The average molecular weight is 413 g/mol. The van der Waals surface area contributed by atoms with Crippen LogP contribution in [0.15, 0.2) is 29.2 Å². The van der Waals surface area contributed by atoms with Crippen molar-refractivity contribution in [1.29, 1.82) is 0 Å². The van der Waals surface area contributed by atoms with Crippen LogP contribution >= 0.6 is 0 Å². The zero-order chi connectivity index (χ0) is 20.3. The van der Waals surface area contributed by atoms with Gasteiger partial charge in [0.2, 0.25) is 15.9 Å². The molecule has 0 bridgehead atoms. The van der Waals surface area contributed by atoms with Crippen molar-refractivity contribution in [3.63, 3.8) is 0 Å². The summed E-state index contributed by atoms with van der Waals surface area (Å²) >= 11 is 0. The molecule has 28 heavy (non-hydrogen) atoms. The number of likely N-dealkylation sites (tertiary alicyclic amines) is 1. The summed E-state index contributed by atoms with van der Waals surface area (Å²) in [5.41, 5.74) is 5.42. The lowest BCUT2D eigenvalue weighted by Gasteiger charge is -2.36. The SMILES string of the molecule is NC(=O)[C@@H]1CCCCN1C(=O)C[NH+]1CCN(S(=O)(=O)c2cccc(F)c2)CC1. The zero-order valence-corrected chi connectivity index (χ0v) is 16.5. The largest absolute Gasteiger partial charge is 0.368 e. The minimum atomic E-state index is -3.75. The maximum absolute atomic E-state index is 13.4. The van der Waals surface area contributed by atoms with Crippen molar-refractivity contribution in [1.82, 2.24) is 9.21 Å². The van der Waals surface area contributed by atoms with E-state index in [-0.39, 0.29) is 30.4 Å². The van der Waals surface area contributed by atoms with Gasteiger partial charge in [-0.2, -0.15) is 4.31 Å². The third-order valence-electron chi connectivity index (χ3n) is 5.42. The maximum atomic E-state index is 13.4. The summed E-state index contributed by atoms with van der Waals surface area (Å²) in [5.74, 6) is -1.20. The third kappa shape index (κ3) is 4.50. The zero-order valence-electron chi connectivity index (χ0n) is 15.6. The Morgan fingerprint density at radius 2 is 1.89 bits per heavy atom. The molecule has 3 rings (SSSR count). The van der Waals surface area contributed by atoms with E-state index < -0.39 is 27.8 Å². The van der Waals surface area contributed by atoms with E-state index in [0.29, 0.717) is 26.1 Å². The molecule has 2 amide bonds. The minimum Gasteiger partial charge on any atom is -0.368 e. The number of nitrogens with two attached hydrogens (primary N) is 1. The highest BCUT2D eigenvalue weighted by atomic mass is 32.2. The van der Waals surface area contributed by atoms with Crippen molar-refractivity contribution >= 4 is 21.8 Å². The fourth-order valence-corrected chi connectivity index (χ4v) is 5.31. The Hall–Kier alpha value is -2.04. The Morgan fingerprint density at radius 3 is 2.54 bits per heavy atom. The molecule has 0 radical (unpaired) electrons. The average Bonchev–Trinajstić information content (AvgIpc) is 2.68. The maximum Gasteiger partial charge on any atom is 0.278 e. The van der Waals surface area contributed by atoms with E-state index in [9.17, 15) is 22.4 Å². The van der Waals surface area contributed by atoms with Crippen LogP contribution in [0.5, 0.6) is 0 Å². The van der Waals surface area contributed by atoms with Crippen LogP contribution in [0.25, 0.3) is 0 Å². The van der Waals surface area contributed by atoms with Gasteiger partial charge in [-0.25, -0.2) is 12.8 Å². The molecule has 0 unspecified atom stereocenters. The number of hydrogen-bond acceptors (Lipinski definition) is 4. The van der Waals surface area contributed by atoms with E-state index >= 15 is 0 Å². The Bertz CT molecular complexity index is 840. The van der Waals surface area contributed by atoms with Crippen LogP contribution in [0.3, 0.4) is 0 Å². The molecule has 8 nitrogen and oxygen atoms in total. The molecule has 10 heteroatoms. The van der Waals surface area contributed by atoms with E-state index in [0.717, 1.165) is 23.8 Å². The molecule has 2 fully saturated rings. The predicted octanol–water partition coefficient (Wildman–Crippen LogP) is -1.42. The highest BCUT2D eigenvalue weighted by Crippen LogP contribution is 2.17. The second kappa shape index (κ2) is 8.54. The Balaban J connectivity index is 1.58. The number of nitrogens with one attached hydrogen (secondary N) is 1. The van der Waals surface area contributed by atoms with Crippen molar-refractivity contribution in [3.8, 4) is 0 Å². The van der Waals surface area contributed by atoms with Gasteiger partial charge in [0.05, 0.1) is 31.1 Å². The Kier molecular flexibility index (Phi) is 6.31. The Labute approximate surface area is 164 Å². The molecule has 2 aliphatic heterocycles.